The molecule has 2 aromatic carbocycles. The number of hydrogen-bond acceptors (Lipinski definition) is 4. The fourth-order valence-electron chi connectivity index (χ4n) is 1.91. The van der Waals surface area contributed by atoms with E-state index in [-0.39, 0.29) is 12.2 Å². The van der Waals surface area contributed by atoms with E-state index < -0.39 is 5.97 Å². The summed E-state index contributed by atoms with van der Waals surface area (Å²) in [6, 6.07) is 10.7. The standard InChI is InChI=1S/C16H16ClNO3/c1-10-6-7-11(12(17)8-10)9-21-14-5-3-4-13(18)15(14)16(19)20-2/h3-8H,9,18H2,1-2H3. The fraction of sp³-hybridized carbons (Fsp3) is 0.188. The molecule has 0 bridgehead atoms. The number of aryl methyl sites for hydroxylation is 1. The molecular weight excluding hydrogens is 290 g/mol. The number of rotatable bonds is 4. The first-order valence-corrected chi connectivity index (χ1v) is 6.75. The number of carbonyl (C=O) groups excluding carboxylic acids is 1. The Morgan fingerprint density at radius 1 is 1.29 bits per heavy atom. The third kappa shape index (κ3) is 3.47. The molecule has 21 heavy (non-hydrogen) atoms. The molecule has 0 radical (unpaired) electrons. The molecule has 0 saturated heterocycles. The van der Waals surface area contributed by atoms with Gasteiger partial charge in [-0.3, -0.25) is 0 Å². The largest absolute Gasteiger partial charge is 0.488 e. The molecule has 0 aliphatic carbocycles. The van der Waals surface area contributed by atoms with Crippen LogP contribution in [0.2, 0.25) is 5.02 Å². The van der Waals surface area contributed by atoms with Gasteiger partial charge >= 0.3 is 5.97 Å². The Bertz CT molecular complexity index is 671. The van der Waals surface area contributed by atoms with Gasteiger partial charge in [0.05, 0.1) is 7.11 Å². The predicted molar refractivity (Wildman–Crippen MR) is 82.7 cm³/mol. The highest BCUT2D eigenvalue weighted by Crippen LogP contribution is 2.27. The van der Waals surface area contributed by atoms with Gasteiger partial charge in [-0.1, -0.05) is 29.8 Å². The number of halogens is 1. The first-order chi connectivity index (χ1) is 10.0. The molecular formula is C16H16ClNO3. The zero-order chi connectivity index (χ0) is 15.4. The van der Waals surface area contributed by atoms with Gasteiger partial charge in [-0.05, 0) is 30.7 Å². The zero-order valence-corrected chi connectivity index (χ0v) is 12.6. The molecule has 0 atom stereocenters. The Morgan fingerprint density at radius 3 is 2.71 bits per heavy atom. The topological polar surface area (TPSA) is 61.5 Å². The van der Waals surface area contributed by atoms with Gasteiger partial charge < -0.3 is 15.2 Å². The van der Waals surface area contributed by atoms with E-state index >= 15 is 0 Å². The monoisotopic (exact) mass is 305 g/mol. The Labute approximate surface area is 128 Å². The molecule has 0 aromatic heterocycles. The van der Waals surface area contributed by atoms with Crippen LogP contribution in [0.15, 0.2) is 36.4 Å². The highest BCUT2D eigenvalue weighted by atomic mass is 35.5. The van der Waals surface area contributed by atoms with Gasteiger partial charge in [-0.15, -0.1) is 0 Å². The number of methoxy groups -OCH3 is 1. The van der Waals surface area contributed by atoms with E-state index in [9.17, 15) is 4.79 Å². The van der Waals surface area contributed by atoms with Crippen LogP contribution in [0.5, 0.6) is 5.75 Å². The van der Waals surface area contributed by atoms with Crippen LogP contribution in [0.25, 0.3) is 0 Å². The van der Waals surface area contributed by atoms with E-state index in [1.807, 2.05) is 25.1 Å². The van der Waals surface area contributed by atoms with E-state index in [4.69, 9.17) is 26.8 Å². The molecule has 0 aliphatic heterocycles. The van der Waals surface area contributed by atoms with Crippen molar-refractivity contribution in [1.82, 2.24) is 0 Å². The molecule has 0 amide bonds. The molecule has 4 nitrogen and oxygen atoms in total. The average molecular weight is 306 g/mol. The lowest BCUT2D eigenvalue weighted by atomic mass is 10.1. The van der Waals surface area contributed by atoms with E-state index in [0.29, 0.717) is 16.5 Å². The van der Waals surface area contributed by atoms with Gasteiger partial charge in [0.2, 0.25) is 0 Å². The first-order valence-electron chi connectivity index (χ1n) is 6.37. The molecule has 0 aliphatic rings. The number of esters is 1. The quantitative estimate of drug-likeness (QED) is 0.692. The summed E-state index contributed by atoms with van der Waals surface area (Å²) in [5.74, 6) is -0.156. The van der Waals surface area contributed by atoms with E-state index in [2.05, 4.69) is 0 Å². The fourth-order valence-corrected chi connectivity index (χ4v) is 2.20. The highest BCUT2D eigenvalue weighted by molar-refractivity contribution is 6.31. The van der Waals surface area contributed by atoms with Gasteiger partial charge in [0.1, 0.15) is 17.9 Å². The minimum atomic E-state index is -0.530. The Balaban J connectivity index is 2.24. The third-order valence-corrected chi connectivity index (χ3v) is 3.39. The first kappa shape index (κ1) is 15.2. The molecule has 0 heterocycles. The summed E-state index contributed by atoms with van der Waals surface area (Å²) < 4.78 is 10.4. The highest BCUT2D eigenvalue weighted by Gasteiger charge is 2.17. The number of nitrogens with two attached hydrogens (primary N) is 1. The molecule has 2 rings (SSSR count). The summed E-state index contributed by atoms with van der Waals surface area (Å²) in [4.78, 5) is 11.8. The van der Waals surface area contributed by atoms with Crippen molar-refractivity contribution in [3.8, 4) is 5.75 Å². The smallest absolute Gasteiger partial charge is 0.343 e. The lowest BCUT2D eigenvalue weighted by Gasteiger charge is -2.13. The van der Waals surface area contributed by atoms with Gasteiger partial charge in [-0.2, -0.15) is 0 Å². The average Bonchev–Trinajstić information content (AvgIpc) is 2.45. The second-order valence-corrected chi connectivity index (χ2v) is 5.00. The van der Waals surface area contributed by atoms with Crippen LogP contribution >= 0.6 is 11.6 Å². The van der Waals surface area contributed by atoms with Crippen molar-refractivity contribution >= 4 is 23.3 Å². The van der Waals surface area contributed by atoms with Crippen LogP contribution < -0.4 is 10.5 Å². The second-order valence-electron chi connectivity index (χ2n) is 4.60. The number of anilines is 1. The lowest BCUT2D eigenvalue weighted by molar-refractivity contribution is 0.0597. The van der Waals surface area contributed by atoms with Crippen molar-refractivity contribution in [3.05, 3.63) is 58.1 Å². The normalized spacial score (nSPS) is 10.2. The summed E-state index contributed by atoms with van der Waals surface area (Å²) in [7, 11) is 1.30. The summed E-state index contributed by atoms with van der Waals surface area (Å²) in [5.41, 5.74) is 8.26. The van der Waals surface area contributed by atoms with Crippen molar-refractivity contribution in [2.45, 2.75) is 13.5 Å². The predicted octanol–water partition coefficient (Wildman–Crippen LogP) is 3.60. The van der Waals surface area contributed by atoms with Crippen LogP contribution in [-0.4, -0.2) is 13.1 Å². The summed E-state index contributed by atoms with van der Waals surface area (Å²) >= 11 is 6.16. The maximum Gasteiger partial charge on any atom is 0.343 e. The van der Waals surface area contributed by atoms with Crippen LogP contribution in [0.4, 0.5) is 5.69 Å². The van der Waals surface area contributed by atoms with Crippen molar-refractivity contribution in [3.63, 3.8) is 0 Å². The summed E-state index contributed by atoms with van der Waals surface area (Å²) in [6.45, 7) is 2.20. The van der Waals surface area contributed by atoms with E-state index in [0.717, 1.165) is 11.1 Å². The Morgan fingerprint density at radius 2 is 2.05 bits per heavy atom. The van der Waals surface area contributed by atoms with Crippen molar-refractivity contribution < 1.29 is 14.3 Å². The SMILES string of the molecule is COC(=O)c1c(N)cccc1OCc1ccc(C)cc1Cl. The molecule has 0 unspecified atom stereocenters. The number of nitrogen functional groups attached to an aromatic ring is 1. The van der Waals surface area contributed by atoms with Gasteiger partial charge in [0, 0.05) is 16.3 Å². The molecule has 2 N–H and O–H groups in total. The zero-order valence-electron chi connectivity index (χ0n) is 11.9. The van der Waals surface area contributed by atoms with Crippen LogP contribution in [0, 0.1) is 6.92 Å². The van der Waals surface area contributed by atoms with Crippen molar-refractivity contribution in [1.29, 1.82) is 0 Å². The van der Waals surface area contributed by atoms with Crippen molar-refractivity contribution in [2.75, 3.05) is 12.8 Å². The molecule has 2 aromatic rings. The Kier molecular flexibility index (Phi) is 4.70. The number of ether oxygens (including phenoxy) is 2. The van der Waals surface area contributed by atoms with E-state index in [1.165, 1.54) is 7.11 Å². The van der Waals surface area contributed by atoms with Gasteiger partial charge in [-0.25, -0.2) is 4.79 Å². The molecule has 0 spiro atoms. The molecule has 0 fully saturated rings. The summed E-state index contributed by atoms with van der Waals surface area (Å²) in [5, 5.41) is 0.624. The molecule has 5 heteroatoms. The van der Waals surface area contributed by atoms with Crippen LogP contribution in [0.3, 0.4) is 0 Å². The number of carbonyl (C=O) groups is 1. The minimum absolute atomic E-state index is 0.225. The lowest BCUT2D eigenvalue weighted by Crippen LogP contribution is -2.09. The van der Waals surface area contributed by atoms with Crippen LogP contribution in [0.1, 0.15) is 21.5 Å². The van der Waals surface area contributed by atoms with Crippen molar-refractivity contribution in [2.24, 2.45) is 0 Å². The maximum absolute atomic E-state index is 11.8. The Hall–Kier alpha value is -2.20. The maximum atomic E-state index is 11.8. The number of hydrogen-bond donors (Lipinski definition) is 1. The molecule has 0 saturated carbocycles. The number of benzene rings is 2. The third-order valence-electron chi connectivity index (χ3n) is 3.04. The van der Waals surface area contributed by atoms with E-state index in [1.54, 1.807) is 18.2 Å². The van der Waals surface area contributed by atoms with Crippen LogP contribution in [-0.2, 0) is 11.3 Å². The molecule has 110 valence electrons. The summed E-state index contributed by atoms with van der Waals surface area (Å²) in [6.07, 6.45) is 0. The van der Waals surface area contributed by atoms with Gasteiger partial charge in [0.15, 0.2) is 0 Å². The van der Waals surface area contributed by atoms with Gasteiger partial charge in [0.25, 0.3) is 0 Å². The minimum Gasteiger partial charge on any atom is -0.488 e. The second kappa shape index (κ2) is 6.50.